The maximum Gasteiger partial charge on any atom is 0.119 e. The van der Waals surface area contributed by atoms with Crippen molar-refractivity contribution < 1.29 is 9.84 Å². The van der Waals surface area contributed by atoms with Gasteiger partial charge in [0.15, 0.2) is 0 Å². The topological polar surface area (TPSA) is 32.7 Å². The minimum absolute atomic E-state index is 0.0403. The molecule has 1 fully saturated rings. The summed E-state index contributed by atoms with van der Waals surface area (Å²) in [5.41, 5.74) is 1.31. The van der Waals surface area contributed by atoms with Gasteiger partial charge in [-0.2, -0.15) is 0 Å². The van der Waals surface area contributed by atoms with Gasteiger partial charge < -0.3 is 14.7 Å². The average Bonchev–Trinajstić information content (AvgIpc) is 3.25. The van der Waals surface area contributed by atoms with Gasteiger partial charge in [-0.1, -0.05) is 56.3 Å². The molecular weight excluding hydrogens is 358 g/mol. The van der Waals surface area contributed by atoms with Crippen LogP contribution in [-0.4, -0.2) is 36.2 Å². The van der Waals surface area contributed by atoms with Gasteiger partial charge in [0.25, 0.3) is 0 Å². The van der Waals surface area contributed by atoms with Gasteiger partial charge in [0.1, 0.15) is 5.75 Å². The second-order valence-corrected chi connectivity index (χ2v) is 8.79. The standard InChI is InChI=1S/C26H37NO2/c1-4-29-24-14-12-23(13-15-24)26(28,17-16-21(2)3)25(20-27-18-8-9-19-27)22-10-6-5-7-11-22/h5-7,10-15,21,25,28H,4,8-9,16-20H2,1-3H3/t25-,26-/m1/s1. The minimum Gasteiger partial charge on any atom is -0.494 e. The number of aliphatic hydroxyl groups is 1. The average molecular weight is 396 g/mol. The Morgan fingerprint density at radius 1 is 1.00 bits per heavy atom. The zero-order chi connectivity index (χ0) is 20.7. The molecule has 1 aliphatic rings. The summed E-state index contributed by atoms with van der Waals surface area (Å²) in [6.45, 7) is 10.3. The number of likely N-dealkylation sites (tertiary alicyclic amines) is 1. The van der Waals surface area contributed by atoms with Crippen LogP contribution in [0.5, 0.6) is 5.75 Å². The molecule has 1 heterocycles. The molecule has 0 unspecified atom stereocenters. The molecule has 0 aliphatic carbocycles. The molecule has 0 bridgehead atoms. The van der Waals surface area contributed by atoms with Crippen LogP contribution in [0.2, 0.25) is 0 Å². The van der Waals surface area contributed by atoms with Crippen LogP contribution in [0.25, 0.3) is 0 Å². The number of hydrogen-bond donors (Lipinski definition) is 1. The van der Waals surface area contributed by atoms with Crippen LogP contribution in [0.15, 0.2) is 54.6 Å². The zero-order valence-corrected chi connectivity index (χ0v) is 18.3. The summed E-state index contributed by atoms with van der Waals surface area (Å²) < 4.78 is 5.63. The number of nitrogens with zero attached hydrogens (tertiary/aromatic N) is 1. The van der Waals surface area contributed by atoms with Crippen molar-refractivity contribution in [1.82, 2.24) is 4.90 Å². The molecule has 3 rings (SSSR count). The van der Waals surface area contributed by atoms with Crippen molar-refractivity contribution in [3.63, 3.8) is 0 Å². The first-order chi connectivity index (χ1) is 14.0. The van der Waals surface area contributed by atoms with Gasteiger partial charge >= 0.3 is 0 Å². The van der Waals surface area contributed by atoms with E-state index in [0.717, 1.165) is 43.8 Å². The molecule has 2 atom stereocenters. The largest absolute Gasteiger partial charge is 0.494 e. The van der Waals surface area contributed by atoms with E-state index in [9.17, 15) is 5.11 Å². The molecule has 0 amide bonds. The fraction of sp³-hybridized carbons (Fsp3) is 0.538. The molecular formula is C26H37NO2. The summed E-state index contributed by atoms with van der Waals surface area (Å²) in [5.74, 6) is 1.45. The number of rotatable bonds is 10. The van der Waals surface area contributed by atoms with Gasteiger partial charge in [-0.05, 0) is 74.9 Å². The molecule has 1 saturated heterocycles. The lowest BCUT2D eigenvalue weighted by Crippen LogP contribution is -2.40. The first kappa shape index (κ1) is 21.9. The van der Waals surface area contributed by atoms with E-state index in [4.69, 9.17) is 4.74 Å². The third-order valence-electron chi connectivity index (χ3n) is 6.19. The highest BCUT2D eigenvalue weighted by Crippen LogP contribution is 2.43. The van der Waals surface area contributed by atoms with Crippen LogP contribution in [0, 0.1) is 5.92 Å². The van der Waals surface area contributed by atoms with Crippen LogP contribution in [0.4, 0.5) is 0 Å². The monoisotopic (exact) mass is 395 g/mol. The second kappa shape index (κ2) is 10.3. The van der Waals surface area contributed by atoms with E-state index in [-0.39, 0.29) is 5.92 Å². The van der Waals surface area contributed by atoms with Crippen LogP contribution >= 0.6 is 0 Å². The lowest BCUT2D eigenvalue weighted by molar-refractivity contribution is -0.0154. The summed E-state index contributed by atoms with van der Waals surface area (Å²) in [7, 11) is 0. The number of hydrogen-bond acceptors (Lipinski definition) is 3. The van der Waals surface area contributed by atoms with Gasteiger partial charge in [-0.15, -0.1) is 0 Å². The SMILES string of the molecule is CCOc1ccc([C@](O)(CCC(C)C)[C@H](CN2CCCC2)c2ccccc2)cc1. The van der Waals surface area contributed by atoms with Crippen molar-refractivity contribution in [2.75, 3.05) is 26.2 Å². The lowest BCUT2D eigenvalue weighted by atomic mass is 9.73. The van der Waals surface area contributed by atoms with E-state index in [0.29, 0.717) is 12.5 Å². The third-order valence-corrected chi connectivity index (χ3v) is 6.19. The smallest absolute Gasteiger partial charge is 0.119 e. The Balaban J connectivity index is 1.99. The van der Waals surface area contributed by atoms with Crippen molar-refractivity contribution in [2.24, 2.45) is 5.92 Å². The molecule has 1 aliphatic heterocycles. The number of ether oxygens (including phenoxy) is 1. The van der Waals surface area contributed by atoms with Gasteiger partial charge in [-0.3, -0.25) is 0 Å². The van der Waals surface area contributed by atoms with Crippen molar-refractivity contribution in [3.8, 4) is 5.75 Å². The van der Waals surface area contributed by atoms with Crippen LogP contribution in [0.3, 0.4) is 0 Å². The first-order valence-corrected chi connectivity index (χ1v) is 11.3. The fourth-order valence-electron chi connectivity index (χ4n) is 4.48. The minimum atomic E-state index is -0.904. The lowest BCUT2D eigenvalue weighted by Gasteiger charge is -2.40. The first-order valence-electron chi connectivity index (χ1n) is 11.3. The van der Waals surface area contributed by atoms with Gasteiger partial charge in [0, 0.05) is 12.5 Å². The van der Waals surface area contributed by atoms with E-state index in [1.54, 1.807) is 0 Å². The van der Waals surface area contributed by atoms with Gasteiger partial charge in [0.05, 0.1) is 12.2 Å². The third kappa shape index (κ3) is 5.61. The predicted octanol–water partition coefficient (Wildman–Crippen LogP) is 5.59. The molecule has 0 radical (unpaired) electrons. The van der Waals surface area contributed by atoms with Gasteiger partial charge in [-0.25, -0.2) is 0 Å². The van der Waals surface area contributed by atoms with Crippen molar-refractivity contribution >= 4 is 0 Å². The van der Waals surface area contributed by atoms with Crippen LogP contribution in [0.1, 0.15) is 63.5 Å². The Hall–Kier alpha value is -1.84. The Bertz CT molecular complexity index is 722. The summed E-state index contributed by atoms with van der Waals surface area (Å²) >= 11 is 0. The Morgan fingerprint density at radius 2 is 1.66 bits per heavy atom. The molecule has 0 saturated carbocycles. The molecule has 0 spiro atoms. The van der Waals surface area contributed by atoms with Crippen molar-refractivity contribution in [1.29, 1.82) is 0 Å². The second-order valence-electron chi connectivity index (χ2n) is 8.79. The normalized spacial score (nSPS) is 18.0. The molecule has 29 heavy (non-hydrogen) atoms. The maximum absolute atomic E-state index is 12.3. The van der Waals surface area contributed by atoms with E-state index in [2.05, 4.69) is 61.2 Å². The summed E-state index contributed by atoms with van der Waals surface area (Å²) in [6.07, 6.45) is 4.27. The molecule has 3 heteroatoms. The number of benzene rings is 2. The highest BCUT2D eigenvalue weighted by atomic mass is 16.5. The van der Waals surface area contributed by atoms with Crippen molar-refractivity contribution in [2.45, 2.75) is 58.0 Å². The zero-order valence-electron chi connectivity index (χ0n) is 18.3. The summed E-state index contributed by atoms with van der Waals surface area (Å²) in [5, 5.41) is 12.3. The molecule has 2 aromatic rings. The van der Waals surface area contributed by atoms with E-state index < -0.39 is 5.60 Å². The molecule has 0 aromatic heterocycles. The Labute approximate surface area is 176 Å². The van der Waals surface area contributed by atoms with Crippen LogP contribution in [-0.2, 0) is 5.60 Å². The molecule has 2 aromatic carbocycles. The fourth-order valence-corrected chi connectivity index (χ4v) is 4.48. The van der Waals surface area contributed by atoms with E-state index in [1.165, 1.54) is 18.4 Å². The van der Waals surface area contributed by atoms with E-state index >= 15 is 0 Å². The van der Waals surface area contributed by atoms with Crippen LogP contribution < -0.4 is 4.74 Å². The summed E-state index contributed by atoms with van der Waals surface area (Å²) in [6, 6.07) is 18.7. The highest BCUT2D eigenvalue weighted by Gasteiger charge is 2.40. The summed E-state index contributed by atoms with van der Waals surface area (Å²) in [4.78, 5) is 2.52. The Kier molecular flexibility index (Phi) is 7.74. The van der Waals surface area contributed by atoms with Crippen molar-refractivity contribution in [3.05, 3.63) is 65.7 Å². The molecule has 158 valence electrons. The predicted molar refractivity (Wildman–Crippen MR) is 120 cm³/mol. The Morgan fingerprint density at radius 3 is 2.24 bits per heavy atom. The highest BCUT2D eigenvalue weighted by molar-refractivity contribution is 5.35. The molecule has 1 N–H and O–H groups in total. The van der Waals surface area contributed by atoms with Gasteiger partial charge in [0.2, 0.25) is 0 Å². The quantitative estimate of drug-likeness (QED) is 0.569. The molecule has 3 nitrogen and oxygen atoms in total. The van der Waals surface area contributed by atoms with E-state index in [1.807, 2.05) is 19.1 Å². The maximum atomic E-state index is 12.3.